The maximum Gasteiger partial charge on any atom is 0.168 e. The van der Waals surface area contributed by atoms with E-state index in [0.717, 1.165) is 6.07 Å². The summed E-state index contributed by atoms with van der Waals surface area (Å²) in [4.78, 5) is 0. The molecule has 0 saturated heterocycles. The summed E-state index contributed by atoms with van der Waals surface area (Å²) < 4.78 is 31.1. The maximum atomic E-state index is 13.3. The average Bonchev–Trinajstić information content (AvgIpc) is 2.27. The predicted molar refractivity (Wildman–Crippen MR) is 62.3 cm³/mol. The second-order valence-electron chi connectivity index (χ2n) is 3.53. The molecule has 1 rings (SSSR count). The molecule has 6 heteroatoms. The molecule has 0 aliphatic rings. The van der Waals surface area contributed by atoms with Crippen molar-refractivity contribution in [1.82, 2.24) is 0 Å². The van der Waals surface area contributed by atoms with E-state index in [-0.39, 0.29) is 17.7 Å². The highest BCUT2D eigenvalue weighted by atomic mass is 32.1. The summed E-state index contributed by atoms with van der Waals surface area (Å²) in [5.41, 5.74) is -0.112. The number of benzene rings is 1. The Labute approximate surface area is 103 Å². The predicted octanol–water partition coefficient (Wildman–Crippen LogP) is 1.69. The molecule has 2 N–H and O–H groups in total. The van der Waals surface area contributed by atoms with Crippen molar-refractivity contribution in [1.29, 1.82) is 0 Å². The Hall–Kier alpha value is -0.850. The zero-order chi connectivity index (χ0) is 13.0. The zero-order valence-electron chi connectivity index (χ0n) is 9.23. The van der Waals surface area contributed by atoms with Crippen molar-refractivity contribution in [3.63, 3.8) is 0 Å². The van der Waals surface area contributed by atoms with Crippen LogP contribution >= 0.6 is 12.6 Å². The van der Waals surface area contributed by atoms with Crippen LogP contribution in [0, 0.1) is 11.6 Å². The van der Waals surface area contributed by atoms with Gasteiger partial charge in [0.15, 0.2) is 11.6 Å². The largest absolute Gasteiger partial charge is 0.493 e. The van der Waals surface area contributed by atoms with Gasteiger partial charge in [-0.05, 0) is 18.2 Å². The number of methoxy groups -OCH3 is 1. The molecule has 0 aromatic heterocycles. The van der Waals surface area contributed by atoms with E-state index in [1.165, 1.54) is 7.11 Å². The Kier molecular flexibility index (Phi) is 5.17. The van der Waals surface area contributed by atoms with Crippen LogP contribution in [0.1, 0.15) is 18.1 Å². The molecule has 1 aromatic carbocycles. The second kappa shape index (κ2) is 6.18. The third kappa shape index (κ3) is 3.31. The van der Waals surface area contributed by atoms with Crippen LogP contribution in [0.3, 0.4) is 0 Å². The Morgan fingerprint density at radius 3 is 2.53 bits per heavy atom. The fourth-order valence-electron chi connectivity index (χ4n) is 1.51. The summed E-state index contributed by atoms with van der Waals surface area (Å²) in [6.45, 7) is 0. The fourth-order valence-corrected chi connectivity index (χ4v) is 1.78. The molecule has 0 spiro atoms. The molecule has 96 valence electrons. The number of halogens is 2. The molecular formula is C11H14F2O3S. The first kappa shape index (κ1) is 14.2. The van der Waals surface area contributed by atoms with E-state index >= 15 is 0 Å². The van der Waals surface area contributed by atoms with Crippen LogP contribution in [0.25, 0.3) is 0 Å². The van der Waals surface area contributed by atoms with Gasteiger partial charge in [-0.3, -0.25) is 0 Å². The summed E-state index contributed by atoms with van der Waals surface area (Å²) in [6, 6.07) is 1.59. The molecule has 0 amide bonds. The van der Waals surface area contributed by atoms with Crippen LogP contribution < -0.4 is 4.74 Å². The number of aliphatic hydroxyl groups excluding tert-OH is 2. The highest BCUT2D eigenvalue weighted by Gasteiger charge is 2.24. The number of hydrogen-bond donors (Lipinski definition) is 3. The average molecular weight is 264 g/mol. The van der Waals surface area contributed by atoms with E-state index in [1.807, 2.05) is 0 Å². The van der Waals surface area contributed by atoms with Gasteiger partial charge < -0.3 is 14.9 Å². The Morgan fingerprint density at radius 1 is 1.35 bits per heavy atom. The number of hydrogen-bond acceptors (Lipinski definition) is 4. The van der Waals surface area contributed by atoms with Gasteiger partial charge in [0.25, 0.3) is 0 Å². The smallest absolute Gasteiger partial charge is 0.168 e. The lowest BCUT2D eigenvalue weighted by Crippen LogP contribution is -2.20. The number of ether oxygens (including phenoxy) is 1. The fraction of sp³-hybridized carbons (Fsp3) is 0.455. The van der Waals surface area contributed by atoms with Crippen molar-refractivity contribution in [2.24, 2.45) is 0 Å². The van der Waals surface area contributed by atoms with Gasteiger partial charge in [0.05, 0.1) is 13.2 Å². The molecule has 0 bridgehead atoms. The summed E-state index contributed by atoms with van der Waals surface area (Å²) in [7, 11) is 1.21. The first-order chi connectivity index (χ1) is 8.01. The van der Waals surface area contributed by atoms with Gasteiger partial charge in [-0.2, -0.15) is 12.6 Å². The molecule has 0 radical (unpaired) electrons. The van der Waals surface area contributed by atoms with Crippen molar-refractivity contribution >= 4 is 12.6 Å². The lowest BCUT2D eigenvalue weighted by atomic mass is 10.0. The van der Waals surface area contributed by atoms with Crippen LogP contribution in [0.2, 0.25) is 0 Å². The van der Waals surface area contributed by atoms with Crippen molar-refractivity contribution < 1.29 is 23.7 Å². The van der Waals surface area contributed by atoms with Gasteiger partial charge in [0.1, 0.15) is 11.9 Å². The van der Waals surface area contributed by atoms with E-state index in [2.05, 4.69) is 12.6 Å². The number of thiol groups is 1. The van der Waals surface area contributed by atoms with E-state index in [4.69, 9.17) is 4.74 Å². The van der Waals surface area contributed by atoms with Crippen molar-refractivity contribution in [2.75, 3.05) is 12.9 Å². The second-order valence-corrected chi connectivity index (χ2v) is 3.98. The first-order valence-corrected chi connectivity index (χ1v) is 5.64. The van der Waals surface area contributed by atoms with E-state index < -0.39 is 23.8 Å². The van der Waals surface area contributed by atoms with Crippen LogP contribution in [0.4, 0.5) is 8.78 Å². The van der Waals surface area contributed by atoms with Crippen LogP contribution in [-0.2, 0) is 0 Å². The highest BCUT2D eigenvalue weighted by molar-refractivity contribution is 7.80. The van der Waals surface area contributed by atoms with Crippen molar-refractivity contribution in [2.45, 2.75) is 18.6 Å². The van der Waals surface area contributed by atoms with E-state index in [0.29, 0.717) is 11.8 Å². The Bertz CT molecular complexity index is 387. The molecule has 1 aromatic rings. The van der Waals surface area contributed by atoms with Crippen LogP contribution in [0.15, 0.2) is 12.1 Å². The molecule has 3 nitrogen and oxygen atoms in total. The third-order valence-corrected chi connectivity index (χ3v) is 2.61. The van der Waals surface area contributed by atoms with Crippen molar-refractivity contribution in [3.05, 3.63) is 29.3 Å². The van der Waals surface area contributed by atoms with Crippen LogP contribution in [0.5, 0.6) is 5.75 Å². The van der Waals surface area contributed by atoms with Gasteiger partial charge in [-0.1, -0.05) is 0 Å². The molecule has 0 fully saturated rings. The lowest BCUT2D eigenvalue weighted by Gasteiger charge is -2.20. The molecule has 2 unspecified atom stereocenters. The monoisotopic (exact) mass is 264 g/mol. The molecule has 0 heterocycles. The van der Waals surface area contributed by atoms with Gasteiger partial charge in [0, 0.05) is 11.6 Å². The topological polar surface area (TPSA) is 49.7 Å². The minimum absolute atomic E-state index is 0.112. The molecule has 2 atom stereocenters. The highest BCUT2D eigenvalue weighted by Crippen LogP contribution is 2.31. The molecule has 0 aliphatic carbocycles. The molecular weight excluding hydrogens is 250 g/mol. The lowest BCUT2D eigenvalue weighted by molar-refractivity contribution is 0.0154. The summed E-state index contributed by atoms with van der Waals surface area (Å²) >= 11 is 3.91. The molecule has 0 saturated carbocycles. The Morgan fingerprint density at radius 2 is 2.00 bits per heavy atom. The minimum atomic E-state index is -1.41. The van der Waals surface area contributed by atoms with Crippen LogP contribution in [-0.4, -0.2) is 29.2 Å². The summed E-state index contributed by atoms with van der Waals surface area (Å²) in [6.07, 6.45) is -2.36. The van der Waals surface area contributed by atoms with Gasteiger partial charge in [-0.25, -0.2) is 8.78 Å². The molecule has 17 heavy (non-hydrogen) atoms. The third-order valence-electron chi connectivity index (χ3n) is 2.35. The summed E-state index contributed by atoms with van der Waals surface area (Å²) in [5.74, 6) is -1.68. The Balaban J connectivity index is 3.11. The van der Waals surface area contributed by atoms with Gasteiger partial charge >= 0.3 is 0 Å². The quantitative estimate of drug-likeness (QED) is 0.709. The number of rotatable bonds is 5. The number of aliphatic hydroxyl groups is 2. The zero-order valence-corrected chi connectivity index (χ0v) is 10.1. The summed E-state index contributed by atoms with van der Waals surface area (Å²) in [5, 5.41) is 19.4. The maximum absolute atomic E-state index is 13.3. The molecule has 0 aliphatic heterocycles. The SMILES string of the molecule is COc1c(F)cc(F)cc1C(O)C(O)CCS. The first-order valence-electron chi connectivity index (χ1n) is 5.01. The van der Waals surface area contributed by atoms with E-state index in [9.17, 15) is 19.0 Å². The van der Waals surface area contributed by atoms with Gasteiger partial charge in [-0.15, -0.1) is 0 Å². The minimum Gasteiger partial charge on any atom is -0.493 e. The standard InChI is InChI=1S/C11H14F2O3S/c1-16-11-7(4-6(12)5-8(11)13)10(15)9(14)2-3-17/h4-5,9-10,14-15,17H,2-3H2,1H3. The van der Waals surface area contributed by atoms with Gasteiger partial charge in [0.2, 0.25) is 0 Å². The van der Waals surface area contributed by atoms with E-state index in [1.54, 1.807) is 0 Å². The normalized spacial score (nSPS) is 14.5. The van der Waals surface area contributed by atoms with Crippen molar-refractivity contribution in [3.8, 4) is 5.75 Å².